The van der Waals surface area contributed by atoms with Crippen LogP contribution < -0.4 is 10.6 Å². The predicted molar refractivity (Wildman–Crippen MR) is 75.5 cm³/mol. The Labute approximate surface area is 113 Å². The highest BCUT2D eigenvalue weighted by atomic mass is 16.4. The van der Waals surface area contributed by atoms with E-state index in [1.165, 1.54) is 4.90 Å². The smallest absolute Gasteiger partial charge is 0.412 e. The van der Waals surface area contributed by atoms with Crippen molar-refractivity contribution in [1.82, 2.24) is 0 Å². The van der Waals surface area contributed by atoms with Gasteiger partial charge in [0, 0.05) is 17.3 Å². The summed E-state index contributed by atoms with van der Waals surface area (Å²) < 4.78 is 0. The maximum absolute atomic E-state index is 11.4. The van der Waals surface area contributed by atoms with Crippen molar-refractivity contribution in [3.05, 3.63) is 29.8 Å². The van der Waals surface area contributed by atoms with Crippen LogP contribution in [0.15, 0.2) is 24.3 Å². The summed E-state index contributed by atoms with van der Waals surface area (Å²) in [7, 11) is 0. The summed E-state index contributed by atoms with van der Waals surface area (Å²) >= 11 is 0. The number of nitrogens with two attached hydrogens (primary N) is 1. The summed E-state index contributed by atoms with van der Waals surface area (Å²) in [5, 5.41) is 18.3. The quantitative estimate of drug-likeness (QED) is 0.776. The Morgan fingerprint density at radius 1 is 1.42 bits per heavy atom. The van der Waals surface area contributed by atoms with Gasteiger partial charge in [0.2, 0.25) is 0 Å². The lowest BCUT2D eigenvalue weighted by Gasteiger charge is -2.33. The molecule has 1 atom stereocenters. The molecule has 0 saturated heterocycles. The molecule has 106 valence electrons. The summed E-state index contributed by atoms with van der Waals surface area (Å²) in [5.41, 5.74) is 6.70. The normalized spacial score (nSPS) is 13.1. The second kappa shape index (κ2) is 6.04. The number of nitrogens with zero attached hydrogens (tertiary/aromatic N) is 1. The van der Waals surface area contributed by atoms with E-state index in [1.807, 2.05) is 26.8 Å². The Morgan fingerprint density at radius 3 is 2.53 bits per heavy atom. The molecule has 5 heteroatoms. The van der Waals surface area contributed by atoms with Crippen molar-refractivity contribution in [2.45, 2.75) is 38.8 Å². The fourth-order valence-corrected chi connectivity index (χ4v) is 1.97. The van der Waals surface area contributed by atoms with Crippen molar-refractivity contribution in [1.29, 1.82) is 0 Å². The summed E-state index contributed by atoms with van der Waals surface area (Å²) in [4.78, 5) is 12.7. The third-order valence-electron chi connectivity index (χ3n) is 2.76. The van der Waals surface area contributed by atoms with E-state index in [4.69, 9.17) is 10.8 Å². The van der Waals surface area contributed by atoms with Crippen LogP contribution in [-0.2, 0) is 6.42 Å². The number of carboxylic acid groups (broad SMARTS) is 1. The SMILES string of the molecule is CC(C)(C)N(C(=O)O)c1cccc(C[C@H](N)CO)c1. The number of anilines is 1. The Bertz CT molecular complexity index is 441. The number of aliphatic hydroxyl groups is 1. The van der Waals surface area contributed by atoms with Crippen molar-refractivity contribution in [3.63, 3.8) is 0 Å². The number of hydrogen-bond acceptors (Lipinski definition) is 3. The van der Waals surface area contributed by atoms with Crippen molar-refractivity contribution >= 4 is 11.8 Å². The lowest BCUT2D eigenvalue weighted by Crippen LogP contribution is -2.45. The Morgan fingerprint density at radius 2 is 2.05 bits per heavy atom. The maximum Gasteiger partial charge on any atom is 0.412 e. The Hall–Kier alpha value is -1.59. The van der Waals surface area contributed by atoms with Gasteiger partial charge in [-0.25, -0.2) is 4.79 Å². The van der Waals surface area contributed by atoms with E-state index in [9.17, 15) is 9.90 Å². The molecule has 0 unspecified atom stereocenters. The van der Waals surface area contributed by atoms with Crippen LogP contribution in [0.5, 0.6) is 0 Å². The minimum Gasteiger partial charge on any atom is -0.465 e. The van der Waals surface area contributed by atoms with Crippen molar-refractivity contribution in [2.75, 3.05) is 11.5 Å². The molecule has 0 aliphatic heterocycles. The lowest BCUT2D eigenvalue weighted by molar-refractivity contribution is 0.195. The predicted octanol–water partition coefficient (Wildman–Crippen LogP) is 1.83. The van der Waals surface area contributed by atoms with E-state index in [0.29, 0.717) is 12.1 Å². The first kappa shape index (κ1) is 15.5. The molecule has 0 aliphatic carbocycles. The van der Waals surface area contributed by atoms with Crippen LogP contribution in [0, 0.1) is 0 Å². The molecule has 0 saturated carbocycles. The second-order valence-corrected chi connectivity index (χ2v) is 5.61. The van der Waals surface area contributed by atoms with E-state index in [1.54, 1.807) is 18.2 Å². The highest BCUT2D eigenvalue weighted by molar-refractivity contribution is 5.87. The molecule has 0 spiro atoms. The van der Waals surface area contributed by atoms with Crippen LogP contribution in [0.4, 0.5) is 10.5 Å². The number of carbonyl (C=O) groups is 1. The number of benzene rings is 1. The molecular formula is C14H22N2O3. The van der Waals surface area contributed by atoms with E-state index in [0.717, 1.165) is 5.56 Å². The second-order valence-electron chi connectivity index (χ2n) is 5.61. The fraction of sp³-hybridized carbons (Fsp3) is 0.500. The van der Waals surface area contributed by atoms with Crippen LogP contribution in [0.2, 0.25) is 0 Å². The average molecular weight is 266 g/mol. The maximum atomic E-state index is 11.4. The van der Waals surface area contributed by atoms with Crippen LogP contribution in [0.1, 0.15) is 26.3 Å². The summed E-state index contributed by atoms with van der Waals surface area (Å²) in [6, 6.07) is 6.91. The molecule has 4 N–H and O–H groups in total. The first-order valence-electron chi connectivity index (χ1n) is 6.24. The monoisotopic (exact) mass is 266 g/mol. The molecule has 0 fully saturated rings. The zero-order valence-corrected chi connectivity index (χ0v) is 11.6. The summed E-state index contributed by atoms with van der Waals surface area (Å²) in [6.07, 6.45) is -0.474. The van der Waals surface area contributed by atoms with Crippen LogP contribution >= 0.6 is 0 Å². The highest BCUT2D eigenvalue weighted by Crippen LogP contribution is 2.25. The summed E-state index contributed by atoms with van der Waals surface area (Å²) in [6.45, 7) is 5.43. The fourth-order valence-electron chi connectivity index (χ4n) is 1.97. The number of amides is 1. The van der Waals surface area contributed by atoms with Crippen molar-refractivity contribution in [3.8, 4) is 0 Å². The zero-order chi connectivity index (χ0) is 14.6. The van der Waals surface area contributed by atoms with Gasteiger partial charge in [-0.3, -0.25) is 4.90 Å². The molecule has 0 aliphatic rings. The van der Waals surface area contributed by atoms with Gasteiger partial charge in [0.25, 0.3) is 0 Å². The van der Waals surface area contributed by atoms with Gasteiger partial charge < -0.3 is 15.9 Å². The number of hydrogen-bond donors (Lipinski definition) is 3. The molecule has 1 amide bonds. The third-order valence-corrected chi connectivity index (χ3v) is 2.76. The van der Waals surface area contributed by atoms with Gasteiger partial charge in [0.05, 0.1) is 6.61 Å². The first-order chi connectivity index (χ1) is 8.75. The minimum absolute atomic E-state index is 0.0911. The minimum atomic E-state index is -0.990. The third kappa shape index (κ3) is 4.22. The van der Waals surface area contributed by atoms with E-state index >= 15 is 0 Å². The van der Waals surface area contributed by atoms with Crippen LogP contribution in [0.25, 0.3) is 0 Å². The highest BCUT2D eigenvalue weighted by Gasteiger charge is 2.27. The first-order valence-corrected chi connectivity index (χ1v) is 6.24. The molecule has 0 bridgehead atoms. The van der Waals surface area contributed by atoms with Crippen LogP contribution in [-0.4, -0.2) is 34.5 Å². The molecule has 0 heterocycles. The molecule has 1 aromatic rings. The van der Waals surface area contributed by atoms with Gasteiger partial charge in [0.15, 0.2) is 0 Å². The Balaban J connectivity index is 3.06. The largest absolute Gasteiger partial charge is 0.465 e. The standard InChI is InChI=1S/C14H22N2O3/c1-14(2,3)16(13(18)19)12-6-4-5-10(8-12)7-11(15)9-17/h4-6,8,11,17H,7,9,15H2,1-3H3,(H,18,19)/t11-/m0/s1. The van der Waals surface area contributed by atoms with E-state index < -0.39 is 11.6 Å². The zero-order valence-electron chi connectivity index (χ0n) is 11.6. The van der Waals surface area contributed by atoms with Gasteiger partial charge in [-0.1, -0.05) is 12.1 Å². The van der Waals surface area contributed by atoms with Gasteiger partial charge in [-0.15, -0.1) is 0 Å². The molecule has 1 rings (SSSR count). The van der Waals surface area contributed by atoms with Crippen molar-refractivity contribution in [2.24, 2.45) is 5.73 Å². The van der Waals surface area contributed by atoms with E-state index in [2.05, 4.69) is 0 Å². The topological polar surface area (TPSA) is 86.8 Å². The molecule has 1 aromatic carbocycles. The molecule has 19 heavy (non-hydrogen) atoms. The van der Waals surface area contributed by atoms with E-state index in [-0.39, 0.29) is 12.6 Å². The molecule has 0 aromatic heterocycles. The lowest BCUT2D eigenvalue weighted by atomic mass is 10.0. The summed E-state index contributed by atoms with van der Waals surface area (Å²) in [5.74, 6) is 0. The molecule has 0 radical (unpaired) electrons. The molecule has 5 nitrogen and oxygen atoms in total. The van der Waals surface area contributed by atoms with Gasteiger partial charge in [-0.2, -0.15) is 0 Å². The van der Waals surface area contributed by atoms with Gasteiger partial charge >= 0.3 is 6.09 Å². The Kier molecular flexibility index (Phi) is 4.91. The van der Waals surface area contributed by atoms with Crippen LogP contribution in [0.3, 0.4) is 0 Å². The average Bonchev–Trinajstić information content (AvgIpc) is 2.26. The van der Waals surface area contributed by atoms with Crippen molar-refractivity contribution < 1.29 is 15.0 Å². The molecular weight excluding hydrogens is 244 g/mol. The number of aliphatic hydroxyl groups excluding tert-OH is 1. The number of rotatable bonds is 4. The van der Waals surface area contributed by atoms with Gasteiger partial charge in [0.1, 0.15) is 0 Å². The van der Waals surface area contributed by atoms with Gasteiger partial charge in [-0.05, 0) is 44.9 Å².